The zero-order valence-corrected chi connectivity index (χ0v) is 12.2. The monoisotopic (exact) mass is 307 g/mol. The molecule has 0 unspecified atom stereocenters. The number of nitrogens with one attached hydrogen (secondary N) is 2. The third-order valence-corrected chi connectivity index (χ3v) is 5.27. The normalized spacial score (nSPS) is 17.1. The van der Waals surface area contributed by atoms with Gasteiger partial charge in [-0.3, -0.25) is 0 Å². The van der Waals surface area contributed by atoms with Crippen LogP contribution in [0.15, 0.2) is 35.4 Å². The van der Waals surface area contributed by atoms with Gasteiger partial charge in [0.1, 0.15) is 0 Å². The standard InChI is InChI=1S/C14H17N3O3S/c18-14-12-2-1-3-13(11(12)6-9-16-14)21(19,20)17-10-4-7-15-8-5-10/h1-3,6,9-10,15,17H,4-5,7-8H2,(H,16,18). The summed E-state index contributed by atoms with van der Waals surface area (Å²) in [5.74, 6) is -0.161. The largest absolute Gasteiger partial charge is 0.493 e. The van der Waals surface area contributed by atoms with Gasteiger partial charge in [0.05, 0.1) is 4.90 Å². The van der Waals surface area contributed by atoms with Crippen LogP contribution in [0.3, 0.4) is 0 Å². The van der Waals surface area contributed by atoms with Crippen molar-refractivity contribution in [3.05, 3.63) is 30.5 Å². The minimum atomic E-state index is -3.62. The third kappa shape index (κ3) is 2.85. The fourth-order valence-electron chi connectivity index (χ4n) is 2.62. The summed E-state index contributed by atoms with van der Waals surface area (Å²) < 4.78 is 27.9. The third-order valence-electron chi connectivity index (χ3n) is 3.70. The molecule has 1 fully saturated rings. The SMILES string of the molecule is O=S(=O)(NC1CCNCC1)c1cccc2c(O)nccc12. The van der Waals surface area contributed by atoms with Crippen molar-refractivity contribution in [1.82, 2.24) is 15.0 Å². The lowest BCUT2D eigenvalue weighted by Crippen LogP contribution is -2.42. The van der Waals surface area contributed by atoms with Crippen molar-refractivity contribution in [2.24, 2.45) is 0 Å². The summed E-state index contributed by atoms with van der Waals surface area (Å²) in [6.07, 6.45) is 2.95. The first-order valence-corrected chi connectivity index (χ1v) is 8.36. The summed E-state index contributed by atoms with van der Waals surface area (Å²) in [5, 5.41) is 13.9. The average Bonchev–Trinajstić information content (AvgIpc) is 2.48. The maximum absolute atomic E-state index is 12.6. The van der Waals surface area contributed by atoms with Gasteiger partial charge in [0.15, 0.2) is 0 Å². The highest BCUT2D eigenvalue weighted by molar-refractivity contribution is 7.89. The van der Waals surface area contributed by atoms with E-state index in [1.54, 1.807) is 24.3 Å². The predicted molar refractivity (Wildman–Crippen MR) is 79.6 cm³/mol. The topological polar surface area (TPSA) is 91.3 Å². The lowest BCUT2D eigenvalue weighted by Gasteiger charge is -2.23. The molecule has 0 atom stereocenters. The lowest BCUT2D eigenvalue weighted by molar-refractivity contribution is 0.427. The lowest BCUT2D eigenvalue weighted by atomic mass is 10.1. The maximum atomic E-state index is 12.6. The molecule has 3 rings (SSSR count). The first kappa shape index (κ1) is 14.2. The molecule has 0 radical (unpaired) electrons. The van der Waals surface area contributed by atoms with Crippen molar-refractivity contribution in [2.45, 2.75) is 23.8 Å². The second-order valence-electron chi connectivity index (χ2n) is 5.13. The van der Waals surface area contributed by atoms with Crippen LogP contribution in [-0.2, 0) is 10.0 Å². The van der Waals surface area contributed by atoms with Crippen molar-refractivity contribution < 1.29 is 13.5 Å². The van der Waals surface area contributed by atoms with Crippen LogP contribution in [0.5, 0.6) is 5.88 Å². The maximum Gasteiger partial charge on any atom is 0.241 e. The van der Waals surface area contributed by atoms with E-state index < -0.39 is 10.0 Å². The predicted octanol–water partition coefficient (Wildman–Crippen LogP) is 0.971. The van der Waals surface area contributed by atoms with E-state index in [0.717, 1.165) is 25.9 Å². The Hall–Kier alpha value is -1.70. The quantitative estimate of drug-likeness (QED) is 0.786. The van der Waals surface area contributed by atoms with Crippen molar-refractivity contribution in [1.29, 1.82) is 0 Å². The summed E-state index contributed by atoms with van der Waals surface area (Å²) in [4.78, 5) is 3.96. The summed E-state index contributed by atoms with van der Waals surface area (Å²) >= 11 is 0. The summed E-state index contributed by atoms with van der Waals surface area (Å²) in [5.41, 5.74) is 0. The number of pyridine rings is 1. The Morgan fingerprint density at radius 3 is 2.71 bits per heavy atom. The number of hydrogen-bond donors (Lipinski definition) is 3. The van der Waals surface area contributed by atoms with Crippen LogP contribution in [0, 0.1) is 0 Å². The highest BCUT2D eigenvalue weighted by atomic mass is 32.2. The number of nitrogens with zero attached hydrogens (tertiary/aromatic N) is 1. The minimum absolute atomic E-state index is 0.0538. The molecule has 0 saturated carbocycles. The van der Waals surface area contributed by atoms with Gasteiger partial charge < -0.3 is 10.4 Å². The van der Waals surface area contributed by atoms with E-state index in [1.165, 1.54) is 6.20 Å². The minimum Gasteiger partial charge on any atom is -0.493 e. The van der Waals surface area contributed by atoms with Crippen LogP contribution in [0.2, 0.25) is 0 Å². The number of rotatable bonds is 3. The molecule has 0 bridgehead atoms. The number of piperidine rings is 1. The van der Waals surface area contributed by atoms with E-state index in [-0.39, 0.29) is 16.8 Å². The van der Waals surface area contributed by atoms with Gasteiger partial charge in [0, 0.05) is 23.0 Å². The number of fused-ring (bicyclic) bond motifs is 1. The molecule has 7 heteroatoms. The zero-order chi connectivity index (χ0) is 14.9. The Labute approximate surface area is 123 Å². The summed E-state index contributed by atoms with van der Waals surface area (Å²) in [7, 11) is -3.62. The van der Waals surface area contributed by atoms with Gasteiger partial charge in [0.25, 0.3) is 0 Å². The van der Waals surface area contributed by atoms with Crippen LogP contribution >= 0.6 is 0 Å². The van der Waals surface area contributed by atoms with E-state index >= 15 is 0 Å². The van der Waals surface area contributed by atoms with Crippen molar-refractivity contribution in [2.75, 3.05) is 13.1 Å². The zero-order valence-electron chi connectivity index (χ0n) is 11.4. The van der Waals surface area contributed by atoms with Crippen LogP contribution in [0.1, 0.15) is 12.8 Å². The molecule has 112 valence electrons. The van der Waals surface area contributed by atoms with Gasteiger partial charge in [-0.15, -0.1) is 0 Å². The molecule has 1 aliphatic rings. The molecule has 6 nitrogen and oxygen atoms in total. The van der Waals surface area contributed by atoms with Gasteiger partial charge in [-0.2, -0.15) is 0 Å². The molecule has 0 spiro atoms. The molecule has 1 aliphatic heterocycles. The van der Waals surface area contributed by atoms with Crippen molar-refractivity contribution >= 4 is 20.8 Å². The van der Waals surface area contributed by atoms with Crippen LogP contribution in [0.4, 0.5) is 0 Å². The summed E-state index contributed by atoms with van der Waals surface area (Å²) in [6.45, 7) is 1.63. The van der Waals surface area contributed by atoms with Crippen LogP contribution in [-0.4, -0.2) is 37.6 Å². The van der Waals surface area contributed by atoms with Gasteiger partial charge >= 0.3 is 0 Å². The fourth-order valence-corrected chi connectivity index (χ4v) is 4.15. The molecule has 0 aliphatic carbocycles. The van der Waals surface area contributed by atoms with E-state index in [0.29, 0.717) is 10.8 Å². The Balaban J connectivity index is 2.00. The first-order chi connectivity index (χ1) is 10.1. The van der Waals surface area contributed by atoms with E-state index in [1.807, 2.05) is 0 Å². The number of aromatic nitrogens is 1. The highest BCUT2D eigenvalue weighted by Crippen LogP contribution is 2.27. The average molecular weight is 307 g/mol. The number of benzene rings is 1. The molecule has 1 aromatic heterocycles. The van der Waals surface area contributed by atoms with Crippen molar-refractivity contribution in [3.63, 3.8) is 0 Å². The molecule has 0 amide bonds. The second kappa shape index (κ2) is 5.59. The van der Waals surface area contributed by atoms with Gasteiger partial charge in [0.2, 0.25) is 15.9 Å². The summed E-state index contributed by atoms with van der Waals surface area (Å²) in [6, 6.07) is 6.36. The Kier molecular flexibility index (Phi) is 3.79. The Bertz CT molecular complexity index is 755. The molecule has 2 heterocycles. The molecule has 1 saturated heterocycles. The smallest absolute Gasteiger partial charge is 0.241 e. The number of aromatic hydroxyl groups is 1. The Morgan fingerprint density at radius 1 is 1.19 bits per heavy atom. The molecular formula is C14H17N3O3S. The van der Waals surface area contributed by atoms with E-state index in [9.17, 15) is 13.5 Å². The number of sulfonamides is 1. The highest BCUT2D eigenvalue weighted by Gasteiger charge is 2.23. The van der Waals surface area contributed by atoms with E-state index in [2.05, 4.69) is 15.0 Å². The molecular weight excluding hydrogens is 290 g/mol. The van der Waals surface area contributed by atoms with Crippen LogP contribution < -0.4 is 10.0 Å². The Morgan fingerprint density at radius 2 is 1.95 bits per heavy atom. The van der Waals surface area contributed by atoms with Crippen molar-refractivity contribution in [3.8, 4) is 5.88 Å². The van der Waals surface area contributed by atoms with E-state index in [4.69, 9.17) is 0 Å². The molecule has 2 aromatic rings. The van der Waals surface area contributed by atoms with Crippen LogP contribution in [0.25, 0.3) is 10.8 Å². The molecule has 3 N–H and O–H groups in total. The molecule has 1 aromatic carbocycles. The van der Waals surface area contributed by atoms with Gasteiger partial charge in [-0.05, 0) is 44.1 Å². The first-order valence-electron chi connectivity index (χ1n) is 6.88. The van der Waals surface area contributed by atoms with Gasteiger partial charge in [-0.25, -0.2) is 18.1 Å². The fraction of sp³-hybridized carbons (Fsp3) is 0.357. The molecule has 21 heavy (non-hydrogen) atoms. The second-order valence-corrected chi connectivity index (χ2v) is 6.81. The number of hydrogen-bond acceptors (Lipinski definition) is 5. The van der Waals surface area contributed by atoms with Gasteiger partial charge in [-0.1, -0.05) is 6.07 Å².